The Kier molecular flexibility index (Phi) is 4.65. The molecule has 0 radical (unpaired) electrons. The van der Waals surface area contributed by atoms with Crippen LogP contribution in [0.5, 0.6) is 0 Å². The monoisotopic (exact) mass is 325 g/mol. The van der Waals surface area contributed by atoms with Gasteiger partial charge in [0.15, 0.2) is 0 Å². The summed E-state index contributed by atoms with van der Waals surface area (Å²) < 4.78 is 0. The van der Waals surface area contributed by atoms with Crippen LogP contribution in [-0.4, -0.2) is 5.97 Å². The molecule has 0 amide bonds. The second-order valence-electron chi connectivity index (χ2n) is 8.31. The lowest BCUT2D eigenvalue weighted by molar-refractivity contribution is -0.255. The second-order valence-corrected chi connectivity index (χ2v) is 8.31. The van der Waals surface area contributed by atoms with Gasteiger partial charge in [0, 0.05) is 5.56 Å². The molecule has 0 spiro atoms. The number of benzene rings is 1. The van der Waals surface area contributed by atoms with Crippen molar-refractivity contribution in [3.8, 4) is 0 Å². The number of hydrogen-bond donors (Lipinski definition) is 0. The Morgan fingerprint density at radius 3 is 1.46 bits per heavy atom. The Morgan fingerprint density at radius 1 is 0.708 bits per heavy atom. The molecule has 0 aromatic heterocycles. The molecule has 0 heterocycles. The van der Waals surface area contributed by atoms with E-state index in [0.29, 0.717) is 23.3 Å². The zero-order chi connectivity index (χ0) is 16.5. The van der Waals surface area contributed by atoms with Crippen molar-refractivity contribution in [1.29, 1.82) is 0 Å². The Balaban J connectivity index is 1.83. The van der Waals surface area contributed by atoms with E-state index in [1.54, 1.807) is 0 Å². The van der Waals surface area contributed by atoms with E-state index >= 15 is 0 Å². The van der Waals surface area contributed by atoms with E-state index < -0.39 is 5.97 Å². The SMILES string of the molecule is O=C([O-])c1c(C2CCCC2)cc(C2CCCC2)cc1C1CCCC1. The van der Waals surface area contributed by atoms with Crippen LogP contribution in [0.1, 0.15) is 122 Å². The van der Waals surface area contributed by atoms with Crippen molar-refractivity contribution >= 4 is 5.97 Å². The highest BCUT2D eigenvalue weighted by Crippen LogP contribution is 2.45. The molecular weight excluding hydrogens is 296 g/mol. The highest BCUT2D eigenvalue weighted by Gasteiger charge is 2.29. The molecule has 3 aliphatic carbocycles. The Bertz CT molecular complexity index is 563. The lowest BCUT2D eigenvalue weighted by Crippen LogP contribution is -2.27. The third kappa shape index (κ3) is 3.00. The third-order valence-electron chi connectivity index (χ3n) is 6.84. The summed E-state index contributed by atoms with van der Waals surface area (Å²) in [7, 11) is 0. The highest BCUT2D eigenvalue weighted by molar-refractivity contribution is 5.90. The minimum Gasteiger partial charge on any atom is -0.545 e. The summed E-state index contributed by atoms with van der Waals surface area (Å²) >= 11 is 0. The first-order valence-electron chi connectivity index (χ1n) is 10.1. The number of aromatic carboxylic acids is 1. The van der Waals surface area contributed by atoms with Gasteiger partial charge in [0.25, 0.3) is 0 Å². The van der Waals surface area contributed by atoms with E-state index in [1.807, 2.05) is 0 Å². The van der Waals surface area contributed by atoms with Crippen molar-refractivity contribution < 1.29 is 9.90 Å². The van der Waals surface area contributed by atoms with Crippen LogP contribution in [0.25, 0.3) is 0 Å². The van der Waals surface area contributed by atoms with Gasteiger partial charge in [-0.1, -0.05) is 50.7 Å². The van der Waals surface area contributed by atoms with Gasteiger partial charge in [0.1, 0.15) is 0 Å². The molecule has 0 atom stereocenters. The zero-order valence-electron chi connectivity index (χ0n) is 14.7. The molecule has 2 heteroatoms. The Labute approximate surface area is 145 Å². The van der Waals surface area contributed by atoms with Gasteiger partial charge < -0.3 is 9.90 Å². The summed E-state index contributed by atoms with van der Waals surface area (Å²) in [5, 5.41) is 12.1. The lowest BCUT2D eigenvalue weighted by atomic mass is 9.81. The quantitative estimate of drug-likeness (QED) is 0.779. The van der Waals surface area contributed by atoms with Gasteiger partial charge in [0.2, 0.25) is 0 Å². The molecule has 0 saturated heterocycles. The largest absolute Gasteiger partial charge is 0.545 e. The first-order valence-corrected chi connectivity index (χ1v) is 10.1. The third-order valence-corrected chi connectivity index (χ3v) is 6.84. The topological polar surface area (TPSA) is 40.1 Å². The van der Waals surface area contributed by atoms with Crippen LogP contribution in [0, 0.1) is 0 Å². The zero-order valence-corrected chi connectivity index (χ0v) is 14.7. The fourth-order valence-electron chi connectivity index (χ4n) is 5.56. The van der Waals surface area contributed by atoms with Crippen LogP contribution < -0.4 is 5.11 Å². The number of rotatable bonds is 4. The summed E-state index contributed by atoms with van der Waals surface area (Å²) in [5.41, 5.74) is 4.26. The van der Waals surface area contributed by atoms with Crippen molar-refractivity contribution in [3.63, 3.8) is 0 Å². The lowest BCUT2D eigenvalue weighted by Gasteiger charge is -2.26. The standard InChI is InChI=1S/C22H30O2/c23-22(24)21-19(16-9-3-4-10-16)13-18(15-7-1-2-8-15)14-20(21)17-11-5-6-12-17/h13-17H,1-12H2,(H,23,24)/p-1. The van der Waals surface area contributed by atoms with Crippen molar-refractivity contribution in [3.05, 3.63) is 34.4 Å². The molecular formula is C22H29O2-. The van der Waals surface area contributed by atoms with Crippen LogP contribution in [0.15, 0.2) is 12.1 Å². The Morgan fingerprint density at radius 2 is 1.08 bits per heavy atom. The first-order chi connectivity index (χ1) is 11.7. The van der Waals surface area contributed by atoms with Gasteiger partial charge in [-0.3, -0.25) is 0 Å². The molecule has 0 bridgehead atoms. The molecule has 0 aliphatic heterocycles. The van der Waals surface area contributed by atoms with E-state index in [4.69, 9.17) is 0 Å². The molecule has 24 heavy (non-hydrogen) atoms. The van der Waals surface area contributed by atoms with Gasteiger partial charge in [-0.15, -0.1) is 0 Å². The van der Waals surface area contributed by atoms with Crippen LogP contribution in [0.2, 0.25) is 0 Å². The minimum atomic E-state index is -0.934. The van der Waals surface area contributed by atoms with Crippen molar-refractivity contribution in [2.45, 2.75) is 94.8 Å². The average Bonchev–Trinajstić information content (AvgIpc) is 3.37. The summed E-state index contributed by atoms with van der Waals surface area (Å²) in [5.74, 6) is 0.608. The summed E-state index contributed by atoms with van der Waals surface area (Å²) in [6.45, 7) is 0. The van der Waals surface area contributed by atoms with E-state index in [0.717, 1.165) is 36.8 Å². The van der Waals surface area contributed by atoms with Crippen LogP contribution in [0.3, 0.4) is 0 Å². The molecule has 4 rings (SSSR count). The highest BCUT2D eigenvalue weighted by atomic mass is 16.4. The molecule has 3 fully saturated rings. The predicted octanol–water partition coefficient (Wildman–Crippen LogP) is 5.02. The number of hydrogen-bond acceptors (Lipinski definition) is 2. The summed E-state index contributed by atoms with van der Waals surface area (Å²) in [6.07, 6.45) is 14.8. The molecule has 0 N–H and O–H groups in total. The van der Waals surface area contributed by atoms with E-state index in [2.05, 4.69) is 12.1 Å². The molecule has 1 aromatic rings. The van der Waals surface area contributed by atoms with Gasteiger partial charge in [0.05, 0.1) is 5.97 Å². The van der Waals surface area contributed by atoms with E-state index in [-0.39, 0.29) is 0 Å². The average molecular weight is 325 g/mol. The maximum absolute atomic E-state index is 12.1. The maximum atomic E-state index is 12.1. The van der Waals surface area contributed by atoms with Crippen LogP contribution in [0.4, 0.5) is 0 Å². The molecule has 3 aliphatic rings. The van der Waals surface area contributed by atoms with Gasteiger partial charge in [-0.05, 0) is 73.0 Å². The van der Waals surface area contributed by atoms with Gasteiger partial charge >= 0.3 is 0 Å². The molecule has 2 nitrogen and oxygen atoms in total. The minimum absolute atomic E-state index is 0.444. The summed E-state index contributed by atoms with van der Waals surface area (Å²) in [6, 6.07) is 4.55. The number of carboxylic acid groups (broad SMARTS) is 1. The Hall–Kier alpha value is -1.31. The van der Waals surface area contributed by atoms with Crippen molar-refractivity contribution in [2.75, 3.05) is 0 Å². The maximum Gasteiger partial charge on any atom is 0.0721 e. The molecule has 0 unspecified atom stereocenters. The molecule has 130 valence electrons. The second kappa shape index (κ2) is 6.90. The normalized spacial score (nSPS) is 23.3. The number of carboxylic acids is 1. The summed E-state index contributed by atoms with van der Waals surface area (Å²) in [4.78, 5) is 12.1. The number of carbonyl (C=O) groups is 1. The fraction of sp³-hybridized carbons (Fsp3) is 0.682. The van der Waals surface area contributed by atoms with Crippen LogP contribution in [-0.2, 0) is 0 Å². The first kappa shape index (κ1) is 16.2. The number of carbonyl (C=O) groups excluding carboxylic acids is 1. The van der Waals surface area contributed by atoms with E-state index in [1.165, 1.54) is 56.9 Å². The van der Waals surface area contributed by atoms with Crippen LogP contribution >= 0.6 is 0 Å². The van der Waals surface area contributed by atoms with Gasteiger partial charge in [-0.25, -0.2) is 0 Å². The van der Waals surface area contributed by atoms with Crippen molar-refractivity contribution in [2.24, 2.45) is 0 Å². The molecule has 3 saturated carbocycles. The predicted molar refractivity (Wildman–Crippen MR) is 94.4 cm³/mol. The molecule has 1 aromatic carbocycles. The fourth-order valence-corrected chi connectivity index (χ4v) is 5.56. The van der Waals surface area contributed by atoms with Gasteiger partial charge in [-0.2, -0.15) is 0 Å². The van der Waals surface area contributed by atoms with E-state index in [9.17, 15) is 9.90 Å². The van der Waals surface area contributed by atoms with Crippen molar-refractivity contribution in [1.82, 2.24) is 0 Å². The smallest absolute Gasteiger partial charge is 0.0721 e.